The fourth-order valence-electron chi connectivity index (χ4n) is 3.64. The lowest BCUT2D eigenvalue weighted by atomic mass is 10.0. The summed E-state index contributed by atoms with van der Waals surface area (Å²) >= 11 is 2.32. The van der Waals surface area contributed by atoms with E-state index in [0.717, 1.165) is 16.2 Å². The first-order valence-corrected chi connectivity index (χ1v) is 12.2. The van der Waals surface area contributed by atoms with E-state index in [9.17, 15) is 24.3 Å². The van der Waals surface area contributed by atoms with Crippen molar-refractivity contribution in [1.82, 2.24) is 19.9 Å². The lowest BCUT2D eigenvalue weighted by Gasteiger charge is -2.49. The van der Waals surface area contributed by atoms with E-state index in [1.54, 1.807) is 28.7 Å². The third kappa shape index (κ3) is 4.69. The number of fused-ring (bicyclic) bond motifs is 1. The number of carbonyl (C=O) groups excluding carboxylic acids is 2. The molecule has 0 radical (unpaired) electrons. The molecule has 15 nitrogen and oxygen atoms in total. The number of nitrogens with zero attached hydrogens (tertiary/aromatic N) is 5. The Morgan fingerprint density at radius 3 is 2.69 bits per heavy atom. The third-order valence-electron chi connectivity index (χ3n) is 5.39. The van der Waals surface area contributed by atoms with Crippen LogP contribution in [0.5, 0.6) is 0 Å². The van der Waals surface area contributed by atoms with E-state index in [1.165, 1.54) is 17.1 Å². The number of anilines is 2. The number of aromatic nitrogens is 3. The molecule has 4 rings (SSSR count). The first-order valence-electron chi connectivity index (χ1n) is 10.2. The zero-order chi connectivity index (χ0) is 26.1. The molecule has 2 aliphatic heterocycles. The van der Waals surface area contributed by atoms with E-state index >= 15 is 0 Å². The van der Waals surface area contributed by atoms with Crippen molar-refractivity contribution < 1.29 is 38.9 Å². The summed E-state index contributed by atoms with van der Waals surface area (Å²) in [4.78, 5) is 58.5. The molecule has 2 aromatic rings. The van der Waals surface area contributed by atoms with Crippen molar-refractivity contribution in [2.24, 2.45) is 12.2 Å². The number of carboxylic acids is 2. The molecule has 2 aliphatic rings. The molecule has 190 valence electrons. The highest BCUT2D eigenvalue weighted by atomic mass is 32.2. The van der Waals surface area contributed by atoms with Crippen LogP contribution in [-0.4, -0.2) is 78.0 Å². The third-order valence-corrected chi connectivity index (χ3v) is 7.40. The van der Waals surface area contributed by atoms with Crippen LogP contribution in [0.2, 0.25) is 0 Å². The average Bonchev–Trinajstić information content (AvgIpc) is 3.39. The highest BCUT2D eigenvalue weighted by molar-refractivity contribution is 8.00. The van der Waals surface area contributed by atoms with Gasteiger partial charge in [0.15, 0.2) is 29.4 Å². The highest BCUT2D eigenvalue weighted by Crippen LogP contribution is 2.40. The maximum absolute atomic E-state index is 13.0. The standard InChI is InChI=1S/C19H20N8O7S2/c1-25-10(20)2-3-26(25)4-8-6-35-17-13(16(31)27(17)14(8)18(32)33)23-15(30)12(24-34-5-11(28)29)9-7-36-19(21)22-9/h2-3,7,13,17,20H,4-6H2,1H3,(H5,21,22,23,28,29,30,32,33)/p+1/t13-,17-/m1/s1. The van der Waals surface area contributed by atoms with Crippen molar-refractivity contribution in [3.05, 3.63) is 34.6 Å². The molecule has 36 heavy (non-hydrogen) atoms. The number of oxime groups is 1. The quantitative estimate of drug-likeness (QED) is 0.104. The van der Waals surface area contributed by atoms with Gasteiger partial charge in [-0.2, -0.15) is 0 Å². The van der Waals surface area contributed by atoms with Gasteiger partial charge >= 0.3 is 11.9 Å². The van der Waals surface area contributed by atoms with Crippen LogP contribution in [0, 0.1) is 0 Å². The van der Waals surface area contributed by atoms with Gasteiger partial charge in [-0.1, -0.05) is 5.16 Å². The molecule has 2 aromatic heterocycles. The van der Waals surface area contributed by atoms with Crippen molar-refractivity contribution in [3.8, 4) is 0 Å². The number of nitrogens with one attached hydrogen (secondary N) is 1. The monoisotopic (exact) mass is 537 g/mol. The Morgan fingerprint density at radius 2 is 2.11 bits per heavy atom. The fourth-order valence-corrected chi connectivity index (χ4v) is 5.52. The molecule has 0 aromatic carbocycles. The van der Waals surface area contributed by atoms with Crippen LogP contribution in [0.4, 0.5) is 10.9 Å². The summed E-state index contributed by atoms with van der Waals surface area (Å²) in [6.07, 6.45) is 1.71. The molecule has 0 unspecified atom stereocenters. The predicted octanol–water partition coefficient (Wildman–Crippen LogP) is -1.82. The van der Waals surface area contributed by atoms with Crippen LogP contribution < -0.4 is 21.5 Å². The smallest absolute Gasteiger partial charge is 0.352 e. The molecule has 4 heterocycles. The summed E-state index contributed by atoms with van der Waals surface area (Å²) in [5, 5.41) is 25.6. The zero-order valence-electron chi connectivity index (χ0n) is 18.7. The van der Waals surface area contributed by atoms with E-state index in [0.29, 0.717) is 17.1 Å². The van der Waals surface area contributed by atoms with Crippen molar-refractivity contribution in [3.63, 3.8) is 0 Å². The first kappa shape index (κ1) is 25.0. The number of rotatable bonds is 9. The lowest BCUT2D eigenvalue weighted by molar-refractivity contribution is -0.765. The largest absolute Gasteiger partial charge is 0.479 e. The van der Waals surface area contributed by atoms with Crippen LogP contribution in [-0.2, 0) is 37.6 Å². The molecule has 2 atom stereocenters. The van der Waals surface area contributed by atoms with E-state index in [4.69, 9.17) is 21.4 Å². The van der Waals surface area contributed by atoms with Crippen molar-refractivity contribution in [2.75, 3.05) is 23.8 Å². The molecule has 17 heteroatoms. The molecule has 0 saturated carbocycles. The first-order chi connectivity index (χ1) is 17.1. The van der Waals surface area contributed by atoms with Crippen LogP contribution in [0.25, 0.3) is 0 Å². The second-order valence-corrected chi connectivity index (χ2v) is 9.65. The summed E-state index contributed by atoms with van der Waals surface area (Å²) in [5.74, 6) is -3.26. The summed E-state index contributed by atoms with van der Waals surface area (Å²) in [6.45, 7) is -0.593. The van der Waals surface area contributed by atoms with Gasteiger partial charge in [0, 0.05) is 16.7 Å². The van der Waals surface area contributed by atoms with Gasteiger partial charge in [0.2, 0.25) is 6.61 Å². The van der Waals surface area contributed by atoms with Gasteiger partial charge < -0.3 is 31.8 Å². The van der Waals surface area contributed by atoms with E-state index in [2.05, 4.69) is 15.5 Å². The number of nitrogens with two attached hydrogens (primary N) is 2. The molecule has 0 spiro atoms. The van der Waals surface area contributed by atoms with Gasteiger partial charge in [-0.3, -0.25) is 14.5 Å². The van der Waals surface area contributed by atoms with Crippen LogP contribution in [0.3, 0.4) is 0 Å². The van der Waals surface area contributed by atoms with E-state index < -0.39 is 41.8 Å². The number of β-lactam (4-membered cyclic amide) rings is 1. The molecular weight excluding hydrogens is 516 g/mol. The molecule has 0 bridgehead atoms. The molecule has 0 aliphatic carbocycles. The van der Waals surface area contributed by atoms with Crippen molar-refractivity contribution in [1.29, 1.82) is 0 Å². The lowest BCUT2D eigenvalue weighted by Crippen LogP contribution is -2.71. The number of thioether (sulfide) groups is 1. The van der Waals surface area contributed by atoms with E-state index in [-0.39, 0.29) is 28.8 Å². The Kier molecular flexibility index (Phi) is 6.84. The minimum absolute atomic E-state index is 0.0348. The topological polar surface area (TPSA) is 219 Å². The maximum atomic E-state index is 13.0. The van der Waals surface area contributed by atoms with Crippen LogP contribution in [0.15, 0.2) is 34.1 Å². The van der Waals surface area contributed by atoms with Gasteiger partial charge in [0.1, 0.15) is 22.8 Å². The number of nitrogen functional groups attached to an aromatic ring is 2. The average molecular weight is 538 g/mol. The predicted molar refractivity (Wildman–Crippen MR) is 126 cm³/mol. The molecule has 1 saturated heterocycles. The van der Waals surface area contributed by atoms with Crippen molar-refractivity contribution >= 4 is 63.5 Å². The second kappa shape index (κ2) is 9.86. The van der Waals surface area contributed by atoms with Gasteiger partial charge in [-0.15, -0.1) is 32.5 Å². The molecule has 2 amide bonds. The zero-order valence-corrected chi connectivity index (χ0v) is 20.3. The Labute approximate surface area is 211 Å². The van der Waals surface area contributed by atoms with Gasteiger partial charge in [0.25, 0.3) is 11.8 Å². The second-order valence-electron chi connectivity index (χ2n) is 7.66. The number of amides is 2. The normalized spacial score (nSPS) is 19.5. The van der Waals surface area contributed by atoms with Gasteiger partial charge in [-0.25, -0.2) is 14.6 Å². The molecule has 7 N–H and O–H groups in total. The Balaban J connectivity index is 1.53. The maximum Gasteiger partial charge on any atom is 0.352 e. The Bertz CT molecular complexity index is 1320. The molecule has 1 fully saturated rings. The van der Waals surface area contributed by atoms with Gasteiger partial charge in [0.05, 0.1) is 13.1 Å². The van der Waals surface area contributed by atoms with Crippen LogP contribution >= 0.6 is 23.1 Å². The summed E-state index contributed by atoms with van der Waals surface area (Å²) in [5.41, 5.74) is 11.5. The number of carboxylic acid groups (broad SMARTS) is 2. The minimum atomic E-state index is -1.31. The molecular formula is C19H21N8O7S2+. The van der Waals surface area contributed by atoms with Gasteiger partial charge in [-0.05, 0) is 0 Å². The Morgan fingerprint density at radius 1 is 1.36 bits per heavy atom. The van der Waals surface area contributed by atoms with Crippen molar-refractivity contribution in [2.45, 2.75) is 18.0 Å². The number of hydrogen-bond acceptors (Lipinski definition) is 11. The summed E-state index contributed by atoms with van der Waals surface area (Å²) in [6, 6.07) is 0.632. The Hall–Kier alpha value is -4.12. The minimum Gasteiger partial charge on any atom is -0.479 e. The van der Waals surface area contributed by atoms with E-state index in [1.807, 2.05) is 0 Å². The fraction of sp³-hybridized carbons (Fsp3) is 0.316. The highest BCUT2D eigenvalue weighted by Gasteiger charge is 2.55. The van der Waals surface area contributed by atoms with Crippen LogP contribution in [0.1, 0.15) is 5.69 Å². The SMILES string of the molecule is Cn1c(N)cc[n+]1CC1=C(C(=O)O)N2C(=O)[C@@H](NC(=O)C(=NOCC(=O)O)c3csc(N)n3)[C@H]2SC1. The number of hydrogen-bond donors (Lipinski definition) is 5. The summed E-state index contributed by atoms with van der Waals surface area (Å²) in [7, 11) is 1.73. The number of aliphatic carboxylic acids is 2. The number of carbonyl (C=O) groups is 4. The number of thiazole rings is 1. The summed E-state index contributed by atoms with van der Waals surface area (Å²) < 4.78 is 3.38.